The summed E-state index contributed by atoms with van der Waals surface area (Å²) in [6.07, 6.45) is 3.09. The molecule has 98 valence electrons. The van der Waals surface area contributed by atoms with Crippen molar-refractivity contribution < 1.29 is 4.74 Å². The minimum atomic E-state index is 0.322. The first-order chi connectivity index (χ1) is 8.72. The molecule has 0 radical (unpaired) electrons. The molecule has 3 heteroatoms. The quantitative estimate of drug-likeness (QED) is 0.824. The van der Waals surface area contributed by atoms with E-state index in [9.17, 15) is 0 Å². The number of hydrogen-bond acceptors (Lipinski definition) is 3. The standard InChI is InChI=1S/C15H22N2O/c1-11-9-17(10-12(2)18-11)14-5-6-15-13(8-14)4-3-7-16-15/h5-6,8,11-12,16H,3-4,7,9-10H2,1-2H3. The van der Waals surface area contributed by atoms with Gasteiger partial charge >= 0.3 is 0 Å². The Morgan fingerprint density at radius 1 is 1.22 bits per heavy atom. The molecule has 1 aromatic carbocycles. The fourth-order valence-corrected chi connectivity index (χ4v) is 3.05. The van der Waals surface area contributed by atoms with Crippen molar-refractivity contribution in [2.75, 3.05) is 29.9 Å². The van der Waals surface area contributed by atoms with Gasteiger partial charge in [-0.1, -0.05) is 0 Å². The van der Waals surface area contributed by atoms with E-state index in [-0.39, 0.29) is 0 Å². The smallest absolute Gasteiger partial charge is 0.0726 e. The van der Waals surface area contributed by atoms with Crippen LogP contribution in [0, 0.1) is 0 Å². The lowest BCUT2D eigenvalue weighted by Crippen LogP contribution is -2.45. The van der Waals surface area contributed by atoms with Crippen molar-refractivity contribution in [3.63, 3.8) is 0 Å². The summed E-state index contributed by atoms with van der Waals surface area (Å²) in [5.41, 5.74) is 4.13. The fourth-order valence-electron chi connectivity index (χ4n) is 3.05. The second-order valence-electron chi connectivity index (χ2n) is 5.53. The Morgan fingerprint density at radius 3 is 2.78 bits per heavy atom. The highest BCUT2D eigenvalue weighted by Crippen LogP contribution is 2.28. The van der Waals surface area contributed by atoms with Crippen LogP contribution in [-0.2, 0) is 11.2 Å². The molecule has 0 aliphatic carbocycles. The lowest BCUT2D eigenvalue weighted by molar-refractivity contribution is -0.00521. The van der Waals surface area contributed by atoms with Gasteiger partial charge < -0.3 is 15.0 Å². The van der Waals surface area contributed by atoms with Crippen LogP contribution in [0.25, 0.3) is 0 Å². The molecule has 2 atom stereocenters. The van der Waals surface area contributed by atoms with Gasteiger partial charge in [0.1, 0.15) is 0 Å². The van der Waals surface area contributed by atoms with E-state index < -0.39 is 0 Å². The zero-order chi connectivity index (χ0) is 12.5. The van der Waals surface area contributed by atoms with Crippen molar-refractivity contribution in [1.82, 2.24) is 0 Å². The molecule has 0 amide bonds. The molecular weight excluding hydrogens is 224 g/mol. The molecule has 18 heavy (non-hydrogen) atoms. The summed E-state index contributed by atoms with van der Waals surface area (Å²) in [6, 6.07) is 6.82. The van der Waals surface area contributed by atoms with Gasteiger partial charge in [-0.25, -0.2) is 0 Å². The number of aryl methyl sites for hydroxylation is 1. The highest BCUT2D eigenvalue weighted by Gasteiger charge is 2.23. The Kier molecular flexibility index (Phi) is 3.16. The van der Waals surface area contributed by atoms with Crippen LogP contribution in [0.3, 0.4) is 0 Å². The third kappa shape index (κ3) is 2.32. The van der Waals surface area contributed by atoms with Gasteiger partial charge in [-0.3, -0.25) is 0 Å². The van der Waals surface area contributed by atoms with Crippen LogP contribution in [0.1, 0.15) is 25.8 Å². The molecule has 2 unspecified atom stereocenters. The van der Waals surface area contributed by atoms with E-state index in [0.29, 0.717) is 12.2 Å². The van der Waals surface area contributed by atoms with Gasteiger partial charge in [0.25, 0.3) is 0 Å². The van der Waals surface area contributed by atoms with Gasteiger partial charge in [0.2, 0.25) is 0 Å². The first kappa shape index (κ1) is 11.8. The molecule has 1 N–H and O–H groups in total. The van der Waals surface area contributed by atoms with Crippen LogP contribution in [0.4, 0.5) is 11.4 Å². The predicted molar refractivity (Wildman–Crippen MR) is 75.5 cm³/mol. The summed E-state index contributed by atoms with van der Waals surface area (Å²) in [5, 5.41) is 3.47. The maximum absolute atomic E-state index is 5.80. The Morgan fingerprint density at radius 2 is 2.00 bits per heavy atom. The SMILES string of the molecule is CC1CN(c2ccc3c(c2)CCCN3)CC(C)O1. The third-order valence-corrected chi connectivity index (χ3v) is 3.81. The van der Waals surface area contributed by atoms with Crippen LogP contribution in [0.15, 0.2) is 18.2 Å². The Labute approximate surface area is 109 Å². The van der Waals surface area contributed by atoms with E-state index in [2.05, 4.69) is 42.3 Å². The minimum Gasteiger partial charge on any atom is -0.385 e. The van der Waals surface area contributed by atoms with E-state index >= 15 is 0 Å². The predicted octanol–water partition coefficient (Wildman–Crippen LogP) is 2.66. The van der Waals surface area contributed by atoms with Gasteiger partial charge in [0.05, 0.1) is 12.2 Å². The van der Waals surface area contributed by atoms with Crippen molar-refractivity contribution in [2.45, 2.75) is 38.9 Å². The molecule has 0 bridgehead atoms. The first-order valence-corrected chi connectivity index (χ1v) is 6.99. The number of rotatable bonds is 1. The second-order valence-corrected chi connectivity index (χ2v) is 5.53. The summed E-state index contributed by atoms with van der Waals surface area (Å²) < 4.78 is 5.80. The average molecular weight is 246 g/mol. The van der Waals surface area contributed by atoms with Crippen molar-refractivity contribution in [3.8, 4) is 0 Å². The van der Waals surface area contributed by atoms with E-state index in [0.717, 1.165) is 19.6 Å². The topological polar surface area (TPSA) is 24.5 Å². The number of ether oxygens (including phenoxy) is 1. The summed E-state index contributed by atoms with van der Waals surface area (Å²) in [6.45, 7) is 7.41. The first-order valence-electron chi connectivity index (χ1n) is 6.99. The number of fused-ring (bicyclic) bond motifs is 1. The van der Waals surface area contributed by atoms with Crippen LogP contribution in [0.2, 0.25) is 0 Å². The molecule has 2 aliphatic rings. The average Bonchev–Trinajstić information content (AvgIpc) is 2.37. The van der Waals surface area contributed by atoms with E-state index in [1.54, 1.807) is 0 Å². The van der Waals surface area contributed by atoms with E-state index in [1.807, 2.05) is 0 Å². The van der Waals surface area contributed by atoms with E-state index in [1.165, 1.54) is 29.8 Å². The van der Waals surface area contributed by atoms with Crippen molar-refractivity contribution >= 4 is 11.4 Å². The Bertz CT molecular complexity index is 423. The van der Waals surface area contributed by atoms with Crippen LogP contribution in [-0.4, -0.2) is 31.8 Å². The molecule has 0 spiro atoms. The number of hydrogen-bond donors (Lipinski definition) is 1. The molecule has 3 rings (SSSR count). The second kappa shape index (κ2) is 4.81. The maximum atomic E-state index is 5.80. The zero-order valence-electron chi connectivity index (χ0n) is 11.3. The maximum Gasteiger partial charge on any atom is 0.0726 e. The molecule has 0 aromatic heterocycles. The highest BCUT2D eigenvalue weighted by molar-refractivity contribution is 5.62. The lowest BCUT2D eigenvalue weighted by atomic mass is 10.0. The van der Waals surface area contributed by atoms with Crippen molar-refractivity contribution in [2.24, 2.45) is 0 Å². The normalized spacial score (nSPS) is 27.6. The van der Waals surface area contributed by atoms with Crippen LogP contribution >= 0.6 is 0 Å². The summed E-state index contributed by atoms with van der Waals surface area (Å²) in [5.74, 6) is 0. The van der Waals surface area contributed by atoms with Crippen LogP contribution < -0.4 is 10.2 Å². The molecule has 1 saturated heterocycles. The molecular formula is C15H22N2O. The van der Waals surface area contributed by atoms with Crippen molar-refractivity contribution in [1.29, 1.82) is 0 Å². The summed E-state index contributed by atoms with van der Waals surface area (Å²) >= 11 is 0. The molecule has 2 heterocycles. The Hall–Kier alpha value is -1.22. The van der Waals surface area contributed by atoms with Gasteiger partial charge in [0.15, 0.2) is 0 Å². The number of benzene rings is 1. The number of morpholine rings is 1. The molecule has 1 aromatic rings. The van der Waals surface area contributed by atoms with Crippen molar-refractivity contribution in [3.05, 3.63) is 23.8 Å². The molecule has 3 nitrogen and oxygen atoms in total. The van der Waals surface area contributed by atoms with Crippen LogP contribution in [0.5, 0.6) is 0 Å². The largest absolute Gasteiger partial charge is 0.385 e. The molecule has 1 fully saturated rings. The third-order valence-electron chi connectivity index (χ3n) is 3.81. The number of anilines is 2. The highest BCUT2D eigenvalue weighted by atomic mass is 16.5. The summed E-state index contributed by atoms with van der Waals surface area (Å²) in [7, 11) is 0. The summed E-state index contributed by atoms with van der Waals surface area (Å²) in [4.78, 5) is 2.45. The number of nitrogens with one attached hydrogen (secondary N) is 1. The Balaban J connectivity index is 1.83. The van der Waals surface area contributed by atoms with Gasteiger partial charge in [-0.05, 0) is 50.5 Å². The number of nitrogens with zero attached hydrogens (tertiary/aromatic N) is 1. The minimum absolute atomic E-state index is 0.322. The van der Waals surface area contributed by atoms with Gasteiger partial charge in [-0.2, -0.15) is 0 Å². The van der Waals surface area contributed by atoms with Gasteiger partial charge in [-0.15, -0.1) is 0 Å². The molecule has 2 aliphatic heterocycles. The monoisotopic (exact) mass is 246 g/mol. The zero-order valence-corrected chi connectivity index (χ0v) is 11.3. The molecule has 0 saturated carbocycles. The fraction of sp³-hybridized carbons (Fsp3) is 0.600. The van der Waals surface area contributed by atoms with E-state index in [4.69, 9.17) is 4.74 Å². The lowest BCUT2D eigenvalue weighted by Gasteiger charge is -2.37. The van der Waals surface area contributed by atoms with Gasteiger partial charge in [0, 0.05) is 31.0 Å².